The Hall–Kier alpha value is -2.35. The molecule has 0 bridgehead atoms. The second kappa shape index (κ2) is 6.04. The number of nitrogens with one attached hydrogen (secondary N) is 1. The number of benzene rings is 1. The number of hydrogen-bond donors (Lipinski definition) is 1. The van der Waals surface area contributed by atoms with E-state index in [2.05, 4.69) is 5.32 Å². The van der Waals surface area contributed by atoms with E-state index in [1.165, 1.54) is 12.1 Å². The van der Waals surface area contributed by atoms with Gasteiger partial charge >= 0.3 is 0 Å². The number of sulfone groups is 1. The molecule has 1 atom stereocenters. The molecular formula is C15H18N2O5S. The van der Waals surface area contributed by atoms with Crippen LogP contribution in [0.3, 0.4) is 0 Å². The number of furan rings is 1. The van der Waals surface area contributed by atoms with E-state index < -0.39 is 14.8 Å². The summed E-state index contributed by atoms with van der Waals surface area (Å²) in [6.07, 6.45) is 1.02. The van der Waals surface area contributed by atoms with E-state index in [4.69, 9.17) is 4.42 Å². The molecule has 0 spiro atoms. The lowest BCUT2D eigenvalue weighted by Crippen LogP contribution is -2.11. The summed E-state index contributed by atoms with van der Waals surface area (Å²) >= 11 is 0. The van der Waals surface area contributed by atoms with E-state index in [1.54, 1.807) is 0 Å². The lowest BCUT2D eigenvalue weighted by molar-refractivity contribution is -0.385. The molecule has 8 heteroatoms. The third-order valence-electron chi connectivity index (χ3n) is 3.49. The molecule has 2 aromatic rings. The number of nitrogens with zero attached hydrogens (tertiary/aromatic N) is 1. The van der Waals surface area contributed by atoms with Crippen molar-refractivity contribution in [2.75, 3.05) is 11.6 Å². The van der Waals surface area contributed by atoms with Gasteiger partial charge in [-0.2, -0.15) is 0 Å². The Kier molecular flexibility index (Phi) is 4.46. The van der Waals surface area contributed by atoms with Crippen molar-refractivity contribution in [2.24, 2.45) is 0 Å². The Bertz CT molecular complexity index is 855. The van der Waals surface area contributed by atoms with Crippen LogP contribution in [-0.2, 0) is 9.84 Å². The fourth-order valence-electron chi connectivity index (χ4n) is 2.44. The number of aryl methyl sites for hydroxylation is 2. The first-order valence-corrected chi connectivity index (χ1v) is 8.80. The van der Waals surface area contributed by atoms with Gasteiger partial charge in [0.2, 0.25) is 0 Å². The van der Waals surface area contributed by atoms with Gasteiger partial charge in [-0.15, -0.1) is 0 Å². The molecule has 7 nitrogen and oxygen atoms in total. The predicted octanol–water partition coefficient (Wildman–Crippen LogP) is 3.38. The van der Waals surface area contributed by atoms with Crippen molar-refractivity contribution in [3.05, 3.63) is 51.5 Å². The fraction of sp³-hybridized carbons (Fsp3) is 0.333. The molecule has 0 amide bonds. The highest BCUT2D eigenvalue weighted by atomic mass is 32.2. The minimum absolute atomic E-state index is 0.101. The maximum Gasteiger partial charge on any atom is 0.270 e. The molecule has 0 unspecified atom stereocenters. The van der Waals surface area contributed by atoms with Crippen LogP contribution in [0.5, 0.6) is 0 Å². The van der Waals surface area contributed by atoms with E-state index in [1.807, 2.05) is 26.8 Å². The van der Waals surface area contributed by atoms with E-state index in [9.17, 15) is 18.5 Å². The molecule has 0 aliphatic rings. The summed E-state index contributed by atoms with van der Waals surface area (Å²) in [4.78, 5) is 10.1. The van der Waals surface area contributed by atoms with E-state index in [0.717, 1.165) is 29.4 Å². The quantitative estimate of drug-likeness (QED) is 0.662. The third-order valence-corrected chi connectivity index (χ3v) is 4.63. The van der Waals surface area contributed by atoms with E-state index in [-0.39, 0.29) is 16.6 Å². The average Bonchev–Trinajstić information content (AvgIpc) is 2.76. The van der Waals surface area contributed by atoms with E-state index >= 15 is 0 Å². The SMILES string of the molecule is Cc1cc([C@H](C)Nc2ccc([N+](=O)[O-])cc2S(C)(=O)=O)c(C)o1. The van der Waals surface area contributed by atoms with Crippen LogP contribution in [0.1, 0.15) is 30.0 Å². The molecule has 1 aromatic carbocycles. The lowest BCUT2D eigenvalue weighted by Gasteiger charge is -2.17. The van der Waals surface area contributed by atoms with Crippen molar-refractivity contribution in [1.82, 2.24) is 0 Å². The zero-order valence-corrected chi connectivity index (χ0v) is 14.1. The predicted molar refractivity (Wildman–Crippen MR) is 86.4 cm³/mol. The van der Waals surface area contributed by atoms with Gasteiger partial charge in [-0.1, -0.05) is 0 Å². The summed E-state index contributed by atoms with van der Waals surface area (Å²) in [6.45, 7) is 5.52. The largest absolute Gasteiger partial charge is 0.466 e. The van der Waals surface area contributed by atoms with Gasteiger partial charge in [0.1, 0.15) is 11.5 Å². The van der Waals surface area contributed by atoms with Crippen molar-refractivity contribution in [1.29, 1.82) is 0 Å². The first-order valence-electron chi connectivity index (χ1n) is 6.91. The Labute approximate surface area is 134 Å². The highest BCUT2D eigenvalue weighted by molar-refractivity contribution is 7.90. The maximum absolute atomic E-state index is 11.9. The van der Waals surface area contributed by atoms with Crippen molar-refractivity contribution >= 4 is 21.2 Å². The van der Waals surface area contributed by atoms with Gasteiger partial charge in [0, 0.05) is 24.0 Å². The van der Waals surface area contributed by atoms with Crippen molar-refractivity contribution in [3.63, 3.8) is 0 Å². The van der Waals surface area contributed by atoms with Gasteiger partial charge in [-0.05, 0) is 32.9 Å². The standard InChI is InChI=1S/C15H18N2O5S/c1-9-7-13(11(3)22-9)10(2)16-14-6-5-12(17(18)19)8-15(14)23(4,20)21/h5-8,10,16H,1-4H3/t10-/m0/s1. The normalized spacial score (nSPS) is 12.9. The Morgan fingerprint density at radius 2 is 1.91 bits per heavy atom. The van der Waals surface area contributed by atoms with Crippen molar-refractivity contribution in [3.8, 4) is 0 Å². The monoisotopic (exact) mass is 338 g/mol. The number of nitro benzene ring substituents is 1. The molecule has 0 aliphatic heterocycles. The lowest BCUT2D eigenvalue weighted by atomic mass is 10.1. The first-order chi connectivity index (χ1) is 10.6. The zero-order chi connectivity index (χ0) is 17.4. The highest BCUT2D eigenvalue weighted by Gasteiger charge is 2.21. The van der Waals surface area contributed by atoms with Gasteiger partial charge < -0.3 is 9.73 Å². The number of hydrogen-bond acceptors (Lipinski definition) is 6. The Balaban J connectivity index is 2.43. The molecule has 1 heterocycles. The summed E-state index contributed by atoms with van der Waals surface area (Å²) in [5.41, 5.74) is 0.961. The molecule has 2 rings (SSSR count). The Morgan fingerprint density at radius 1 is 1.26 bits per heavy atom. The van der Waals surface area contributed by atoms with Gasteiger partial charge in [0.05, 0.1) is 21.5 Å². The van der Waals surface area contributed by atoms with Crippen LogP contribution in [0.2, 0.25) is 0 Å². The van der Waals surface area contributed by atoms with Crippen LogP contribution < -0.4 is 5.32 Å². The van der Waals surface area contributed by atoms with Crippen LogP contribution in [0.4, 0.5) is 11.4 Å². The molecule has 0 radical (unpaired) electrons. The Morgan fingerprint density at radius 3 is 2.39 bits per heavy atom. The van der Waals surface area contributed by atoms with Crippen LogP contribution in [-0.4, -0.2) is 19.6 Å². The molecule has 0 aliphatic carbocycles. The minimum atomic E-state index is -3.61. The molecule has 1 N–H and O–H groups in total. The molecular weight excluding hydrogens is 320 g/mol. The fourth-order valence-corrected chi connectivity index (χ4v) is 3.30. The molecule has 0 saturated carbocycles. The zero-order valence-electron chi connectivity index (χ0n) is 13.3. The van der Waals surface area contributed by atoms with E-state index in [0.29, 0.717) is 5.69 Å². The van der Waals surface area contributed by atoms with Crippen LogP contribution >= 0.6 is 0 Å². The molecule has 0 saturated heterocycles. The summed E-state index contributed by atoms with van der Waals surface area (Å²) in [6, 6.07) is 5.41. The number of anilines is 1. The second-order valence-corrected chi connectivity index (χ2v) is 7.43. The molecule has 1 aromatic heterocycles. The van der Waals surface area contributed by atoms with Gasteiger partial charge in [-0.25, -0.2) is 8.42 Å². The molecule has 124 valence electrons. The summed E-state index contributed by atoms with van der Waals surface area (Å²) in [5, 5.41) is 14.0. The maximum atomic E-state index is 11.9. The summed E-state index contributed by atoms with van der Waals surface area (Å²) in [5.74, 6) is 1.50. The van der Waals surface area contributed by atoms with Crippen LogP contribution in [0.15, 0.2) is 33.6 Å². The highest BCUT2D eigenvalue weighted by Crippen LogP contribution is 2.31. The summed E-state index contributed by atoms with van der Waals surface area (Å²) in [7, 11) is -3.61. The number of rotatable bonds is 5. The topological polar surface area (TPSA) is 102 Å². The van der Waals surface area contributed by atoms with Gasteiger partial charge in [0.25, 0.3) is 5.69 Å². The van der Waals surface area contributed by atoms with Gasteiger partial charge in [-0.3, -0.25) is 10.1 Å². The molecule has 23 heavy (non-hydrogen) atoms. The number of non-ortho nitro benzene ring substituents is 1. The second-order valence-electron chi connectivity index (χ2n) is 5.44. The third kappa shape index (κ3) is 3.70. The average molecular weight is 338 g/mol. The van der Waals surface area contributed by atoms with Crippen molar-refractivity contribution < 1.29 is 17.8 Å². The smallest absolute Gasteiger partial charge is 0.270 e. The van der Waals surface area contributed by atoms with Gasteiger partial charge in [0.15, 0.2) is 9.84 Å². The van der Waals surface area contributed by atoms with Crippen LogP contribution in [0, 0.1) is 24.0 Å². The van der Waals surface area contributed by atoms with Crippen molar-refractivity contribution in [2.45, 2.75) is 31.7 Å². The molecule has 0 fully saturated rings. The van der Waals surface area contributed by atoms with Crippen LogP contribution in [0.25, 0.3) is 0 Å². The first kappa shape index (κ1) is 17.0. The number of nitro groups is 1. The summed E-state index contributed by atoms with van der Waals surface area (Å²) < 4.78 is 29.3. The minimum Gasteiger partial charge on any atom is -0.466 e.